The zero-order chi connectivity index (χ0) is 14.7. The molecular weight excluding hydrogens is 256 g/mol. The third-order valence-corrected chi connectivity index (χ3v) is 3.55. The van der Waals surface area contributed by atoms with Crippen LogP contribution < -0.4 is 4.58 Å². The summed E-state index contributed by atoms with van der Waals surface area (Å²) < 4.78 is 1.97. The Morgan fingerprint density at radius 1 is 0.857 bits per heavy atom. The maximum absolute atomic E-state index is 4.24. The van der Waals surface area contributed by atoms with Crippen LogP contribution in [0.2, 0.25) is 0 Å². The molecule has 2 heteroatoms. The Morgan fingerprint density at radius 2 is 1.52 bits per heavy atom. The molecule has 0 atom stereocenters. The number of benzene rings is 3. The van der Waals surface area contributed by atoms with Gasteiger partial charge in [-0.2, -0.15) is 4.58 Å². The molecule has 3 rings (SSSR count). The van der Waals surface area contributed by atoms with Gasteiger partial charge in [0, 0.05) is 25.4 Å². The monoisotopic (exact) mass is 273 g/mol. The number of hydrogen-bond donors (Lipinski definition) is 0. The number of rotatable bonds is 3. The second-order valence-corrected chi connectivity index (χ2v) is 4.87. The molecule has 21 heavy (non-hydrogen) atoms. The van der Waals surface area contributed by atoms with E-state index in [0.29, 0.717) is 0 Å². The predicted molar refractivity (Wildman–Crippen MR) is 92.5 cm³/mol. The first kappa shape index (κ1) is 13.3. The lowest BCUT2D eigenvalue weighted by Gasteiger charge is -2.06. The van der Waals surface area contributed by atoms with Crippen LogP contribution in [0.4, 0.5) is 11.4 Å². The average Bonchev–Trinajstić information content (AvgIpc) is 2.54. The normalized spacial score (nSPS) is 11.1. The SMILES string of the molecule is C=[N+](c1ccccc1/C=N\C)c1cccc2ccccc12. The molecule has 102 valence electrons. The number of fused-ring (bicyclic) bond motifs is 1. The molecule has 0 aliphatic carbocycles. The highest BCUT2D eigenvalue weighted by Crippen LogP contribution is 2.29. The lowest BCUT2D eigenvalue weighted by molar-refractivity contribution is 1.12. The van der Waals surface area contributed by atoms with Gasteiger partial charge in [0.1, 0.15) is 6.72 Å². The Labute approximate surface area is 124 Å². The average molecular weight is 273 g/mol. The number of nitrogens with zero attached hydrogens (tertiary/aromatic N) is 2. The highest BCUT2D eigenvalue weighted by Gasteiger charge is 2.16. The van der Waals surface area contributed by atoms with Gasteiger partial charge in [0.2, 0.25) is 11.4 Å². The molecule has 0 saturated carbocycles. The lowest BCUT2D eigenvalue weighted by Crippen LogP contribution is -2.03. The number of aliphatic imine (C=N–C) groups is 1. The quantitative estimate of drug-likeness (QED) is 0.496. The molecule has 0 N–H and O–H groups in total. The van der Waals surface area contributed by atoms with Crippen molar-refractivity contribution in [2.75, 3.05) is 7.05 Å². The minimum Gasteiger partial charge on any atom is -0.296 e. The van der Waals surface area contributed by atoms with Crippen LogP contribution in [0.1, 0.15) is 5.56 Å². The van der Waals surface area contributed by atoms with Crippen molar-refractivity contribution in [3.8, 4) is 0 Å². The van der Waals surface area contributed by atoms with Gasteiger partial charge in [-0.05, 0) is 17.5 Å². The van der Waals surface area contributed by atoms with E-state index in [-0.39, 0.29) is 0 Å². The van der Waals surface area contributed by atoms with Crippen molar-refractivity contribution in [2.45, 2.75) is 0 Å². The van der Waals surface area contributed by atoms with Gasteiger partial charge in [0.15, 0.2) is 0 Å². The molecule has 0 heterocycles. The van der Waals surface area contributed by atoms with Crippen molar-refractivity contribution in [2.24, 2.45) is 4.99 Å². The first-order chi connectivity index (χ1) is 10.3. The molecule has 0 fully saturated rings. The summed E-state index contributed by atoms with van der Waals surface area (Å²) in [7, 11) is 1.78. The topological polar surface area (TPSA) is 15.4 Å². The van der Waals surface area contributed by atoms with Crippen molar-refractivity contribution in [1.29, 1.82) is 0 Å². The van der Waals surface area contributed by atoms with Gasteiger partial charge in [0.25, 0.3) is 0 Å². The summed E-state index contributed by atoms with van der Waals surface area (Å²) in [6.45, 7) is 4.24. The molecule has 0 spiro atoms. The third-order valence-electron chi connectivity index (χ3n) is 3.55. The fourth-order valence-electron chi connectivity index (χ4n) is 2.56. The van der Waals surface area contributed by atoms with E-state index in [0.717, 1.165) is 16.9 Å². The maximum atomic E-state index is 4.24. The third kappa shape index (κ3) is 2.48. The molecule has 2 nitrogen and oxygen atoms in total. The van der Waals surface area contributed by atoms with Crippen molar-refractivity contribution < 1.29 is 0 Å². The number of para-hydroxylation sites is 1. The van der Waals surface area contributed by atoms with E-state index in [1.165, 1.54) is 10.8 Å². The van der Waals surface area contributed by atoms with Crippen molar-refractivity contribution in [1.82, 2.24) is 4.58 Å². The maximum Gasteiger partial charge on any atom is 0.219 e. The van der Waals surface area contributed by atoms with E-state index in [4.69, 9.17) is 0 Å². The predicted octanol–water partition coefficient (Wildman–Crippen LogP) is 4.42. The van der Waals surface area contributed by atoms with Crippen molar-refractivity contribution in [3.63, 3.8) is 0 Å². The van der Waals surface area contributed by atoms with Gasteiger partial charge in [-0.25, -0.2) is 0 Å². The van der Waals surface area contributed by atoms with E-state index in [1.807, 2.05) is 29.0 Å². The minimum absolute atomic E-state index is 1.04. The zero-order valence-electron chi connectivity index (χ0n) is 12.0. The van der Waals surface area contributed by atoms with Crippen LogP contribution >= 0.6 is 0 Å². The zero-order valence-corrected chi connectivity index (χ0v) is 12.0. The number of hydrogen-bond acceptors (Lipinski definition) is 1. The van der Waals surface area contributed by atoms with Crippen molar-refractivity contribution >= 4 is 35.1 Å². The molecule has 0 amide bonds. The second kappa shape index (κ2) is 5.71. The largest absolute Gasteiger partial charge is 0.296 e. The summed E-state index contributed by atoms with van der Waals surface area (Å²) in [6.07, 6.45) is 1.86. The van der Waals surface area contributed by atoms with E-state index >= 15 is 0 Å². The standard InChI is InChI=1S/C19H17N2/c1-20-14-16-9-4-6-12-18(16)21(2)19-13-7-10-15-8-3-5-11-17(15)19/h3-14H,2H2,1H3/q+1/b20-14-. The van der Waals surface area contributed by atoms with Gasteiger partial charge in [-0.1, -0.05) is 42.5 Å². The fourth-order valence-corrected chi connectivity index (χ4v) is 2.56. The van der Waals surface area contributed by atoms with Gasteiger partial charge in [0.05, 0.1) is 10.9 Å². The molecule has 3 aromatic carbocycles. The fraction of sp³-hybridized carbons (Fsp3) is 0.0526. The summed E-state index contributed by atoms with van der Waals surface area (Å²) in [5.41, 5.74) is 3.19. The second-order valence-electron chi connectivity index (χ2n) is 4.87. The van der Waals surface area contributed by atoms with Crippen LogP contribution in [-0.4, -0.2) is 20.0 Å². The Morgan fingerprint density at radius 3 is 2.38 bits per heavy atom. The Hall–Kier alpha value is -2.74. The van der Waals surface area contributed by atoms with Crippen LogP contribution in [0.5, 0.6) is 0 Å². The van der Waals surface area contributed by atoms with Gasteiger partial charge < -0.3 is 0 Å². The van der Waals surface area contributed by atoms with Crippen LogP contribution in [0, 0.1) is 0 Å². The Bertz CT molecular complexity index is 826. The summed E-state index contributed by atoms with van der Waals surface area (Å²) in [4.78, 5) is 4.13. The molecule has 0 radical (unpaired) electrons. The van der Waals surface area contributed by atoms with E-state index < -0.39 is 0 Å². The first-order valence-corrected chi connectivity index (χ1v) is 6.91. The molecule has 0 unspecified atom stereocenters. The van der Waals surface area contributed by atoms with E-state index in [2.05, 4.69) is 60.2 Å². The van der Waals surface area contributed by atoms with Crippen LogP contribution in [0.3, 0.4) is 0 Å². The summed E-state index contributed by atoms with van der Waals surface area (Å²) >= 11 is 0. The van der Waals surface area contributed by atoms with Crippen molar-refractivity contribution in [3.05, 3.63) is 72.3 Å². The molecule has 0 aliphatic heterocycles. The molecule has 0 bridgehead atoms. The molecule has 0 aliphatic rings. The van der Waals surface area contributed by atoms with Gasteiger partial charge in [-0.15, -0.1) is 0 Å². The van der Waals surface area contributed by atoms with Crippen LogP contribution in [0.25, 0.3) is 10.8 Å². The highest BCUT2D eigenvalue weighted by molar-refractivity contribution is 5.96. The first-order valence-electron chi connectivity index (χ1n) is 6.91. The molecule has 0 saturated heterocycles. The molecular formula is C19H17N2+. The highest BCUT2D eigenvalue weighted by atomic mass is 15.0. The Balaban J connectivity index is 2.18. The molecule has 3 aromatic rings. The smallest absolute Gasteiger partial charge is 0.219 e. The summed E-state index contributed by atoms with van der Waals surface area (Å²) in [5.74, 6) is 0. The van der Waals surface area contributed by atoms with E-state index in [9.17, 15) is 0 Å². The lowest BCUT2D eigenvalue weighted by atomic mass is 10.1. The Kier molecular flexibility index (Phi) is 3.61. The minimum atomic E-state index is 1.04. The summed E-state index contributed by atoms with van der Waals surface area (Å²) in [5, 5.41) is 2.41. The van der Waals surface area contributed by atoms with Gasteiger partial charge >= 0.3 is 0 Å². The van der Waals surface area contributed by atoms with Crippen LogP contribution in [-0.2, 0) is 0 Å². The van der Waals surface area contributed by atoms with Gasteiger partial charge in [-0.3, -0.25) is 4.99 Å². The van der Waals surface area contributed by atoms with E-state index in [1.54, 1.807) is 7.05 Å². The van der Waals surface area contributed by atoms with Crippen LogP contribution in [0.15, 0.2) is 71.7 Å². The summed E-state index contributed by atoms with van der Waals surface area (Å²) in [6, 6.07) is 22.8. The molecule has 0 aromatic heterocycles.